The van der Waals surface area contributed by atoms with Gasteiger partial charge in [-0.05, 0) is 25.7 Å². The van der Waals surface area contributed by atoms with E-state index < -0.39 is 9.84 Å². The van der Waals surface area contributed by atoms with Crippen molar-refractivity contribution in [1.29, 1.82) is 0 Å². The molecule has 2 unspecified atom stereocenters. The standard InChI is InChI=1S/C11H18N2O2S2/c1-8(12)10-6-16-11(13-10)5-9-3-2-4-17(14,15)7-9/h6,8-9H,2-5,7,12H2,1H3. The normalized spacial score (nSPS) is 25.6. The molecular formula is C11H18N2O2S2. The van der Waals surface area contributed by atoms with Gasteiger partial charge in [0, 0.05) is 17.8 Å². The van der Waals surface area contributed by atoms with Crippen molar-refractivity contribution < 1.29 is 8.42 Å². The summed E-state index contributed by atoms with van der Waals surface area (Å²) in [6.45, 7) is 1.91. The zero-order valence-electron chi connectivity index (χ0n) is 9.93. The fourth-order valence-corrected chi connectivity index (χ4v) is 4.94. The van der Waals surface area contributed by atoms with E-state index in [2.05, 4.69) is 4.98 Å². The highest BCUT2D eigenvalue weighted by molar-refractivity contribution is 7.91. The second kappa shape index (κ2) is 5.04. The van der Waals surface area contributed by atoms with Gasteiger partial charge in [-0.1, -0.05) is 0 Å². The van der Waals surface area contributed by atoms with Crippen LogP contribution >= 0.6 is 11.3 Å². The van der Waals surface area contributed by atoms with Gasteiger partial charge in [0.1, 0.15) is 0 Å². The van der Waals surface area contributed by atoms with Crippen molar-refractivity contribution in [3.8, 4) is 0 Å². The van der Waals surface area contributed by atoms with Gasteiger partial charge in [0.15, 0.2) is 9.84 Å². The van der Waals surface area contributed by atoms with Gasteiger partial charge in [-0.3, -0.25) is 0 Å². The van der Waals surface area contributed by atoms with Crippen LogP contribution < -0.4 is 5.73 Å². The predicted molar refractivity (Wildman–Crippen MR) is 69.8 cm³/mol. The topological polar surface area (TPSA) is 73.1 Å². The summed E-state index contributed by atoms with van der Waals surface area (Å²) in [5, 5.41) is 2.98. The average Bonchev–Trinajstić information content (AvgIpc) is 2.64. The lowest BCUT2D eigenvalue weighted by Gasteiger charge is -2.20. The SMILES string of the molecule is CC(N)c1csc(CC2CCCS(=O)(=O)C2)n1. The molecule has 0 aromatic carbocycles. The Bertz CT molecular complexity index is 479. The molecule has 2 rings (SSSR count). The molecule has 0 amide bonds. The van der Waals surface area contributed by atoms with Crippen molar-refractivity contribution in [2.24, 2.45) is 11.7 Å². The number of hydrogen-bond acceptors (Lipinski definition) is 5. The monoisotopic (exact) mass is 274 g/mol. The van der Waals surface area contributed by atoms with Gasteiger partial charge in [0.2, 0.25) is 0 Å². The van der Waals surface area contributed by atoms with Crippen molar-refractivity contribution >= 4 is 21.2 Å². The Morgan fingerprint density at radius 1 is 1.65 bits per heavy atom. The van der Waals surface area contributed by atoms with Gasteiger partial charge in [0.25, 0.3) is 0 Å². The van der Waals surface area contributed by atoms with Crippen LogP contribution in [-0.2, 0) is 16.3 Å². The van der Waals surface area contributed by atoms with Gasteiger partial charge in [-0.2, -0.15) is 0 Å². The molecule has 0 radical (unpaired) electrons. The van der Waals surface area contributed by atoms with Gasteiger partial charge < -0.3 is 5.73 Å². The number of nitrogens with zero attached hydrogens (tertiary/aromatic N) is 1. The quantitative estimate of drug-likeness (QED) is 0.907. The summed E-state index contributed by atoms with van der Waals surface area (Å²) in [5.74, 6) is 0.910. The van der Waals surface area contributed by atoms with Gasteiger partial charge in [-0.15, -0.1) is 11.3 Å². The highest BCUT2D eigenvalue weighted by Gasteiger charge is 2.25. The zero-order chi connectivity index (χ0) is 12.5. The second-order valence-electron chi connectivity index (χ2n) is 4.78. The lowest BCUT2D eigenvalue weighted by molar-refractivity contribution is 0.482. The van der Waals surface area contributed by atoms with Crippen LogP contribution in [0.15, 0.2) is 5.38 Å². The molecule has 2 heterocycles. The fraction of sp³-hybridized carbons (Fsp3) is 0.727. The molecule has 0 saturated carbocycles. The van der Waals surface area contributed by atoms with E-state index >= 15 is 0 Å². The first kappa shape index (κ1) is 13.0. The smallest absolute Gasteiger partial charge is 0.150 e. The third-order valence-electron chi connectivity index (χ3n) is 3.06. The fourth-order valence-electron chi connectivity index (χ4n) is 2.15. The van der Waals surface area contributed by atoms with E-state index in [1.54, 1.807) is 11.3 Å². The van der Waals surface area contributed by atoms with Gasteiger partial charge >= 0.3 is 0 Å². The Morgan fingerprint density at radius 3 is 3.00 bits per heavy atom. The third-order valence-corrected chi connectivity index (χ3v) is 5.84. The second-order valence-corrected chi connectivity index (χ2v) is 7.95. The minimum atomic E-state index is -2.81. The summed E-state index contributed by atoms with van der Waals surface area (Å²) >= 11 is 1.59. The first-order valence-corrected chi connectivity index (χ1v) is 8.57. The first-order chi connectivity index (χ1) is 7.96. The van der Waals surface area contributed by atoms with Crippen LogP contribution in [0.2, 0.25) is 0 Å². The molecule has 17 heavy (non-hydrogen) atoms. The van der Waals surface area contributed by atoms with Crippen LogP contribution in [0.25, 0.3) is 0 Å². The Kier molecular flexibility index (Phi) is 3.85. The van der Waals surface area contributed by atoms with Crippen LogP contribution in [0.5, 0.6) is 0 Å². The van der Waals surface area contributed by atoms with Crippen LogP contribution in [-0.4, -0.2) is 24.9 Å². The first-order valence-electron chi connectivity index (χ1n) is 5.86. The molecule has 4 nitrogen and oxygen atoms in total. The Morgan fingerprint density at radius 2 is 2.41 bits per heavy atom. The highest BCUT2D eigenvalue weighted by atomic mass is 32.2. The summed E-state index contributed by atoms with van der Waals surface area (Å²) < 4.78 is 23.1. The molecule has 0 aliphatic carbocycles. The van der Waals surface area contributed by atoms with E-state index in [9.17, 15) is 8.42 Å². The highest BCUT2D eigenvalue weighted by Crippen LogP contribution is 2.24. The van der Waals surface area contributed by atoms with Gasteiger partial charge in [-0.25, -0.2) is 13.4 Å². The number of rotatable bonds is 3. The Balaban J connectivity index is 2.00. The minimum Gasteiger partial charge on any atom is -0.323 e. The minimum absolute atomic E-state index is 0.0462. The molecule has 1 saturated heterocycles. The molecule has 96 valence electrons. The van der Waals surface area contributed by atoms with Crippen molar-refractivity contribution in [3.63, 3.8) is 0 Å². The summed E-state index contributed by atoms with van der Waals surface area (Å²) in [6, 6.07) is -0.0462. The summed E-state index contributed by atoms with van der Waals surface area (Å²) in [5.41, 5.74) is 6.66. The van der Waals surface area contributed by atoms with E-state index in [0.29, 0.717) is 11.5 Å². The lowest BCUT2D eigenvalue weighted by atomic mass is 10.0. The van der Waals surface area contributed by atoms with Crippen molar-refractivity contribution in [2.45, 2.75) is 32.2 Å². The third kappa shape index (κ3) is 3.50. The van der Waals surface area contributed by atoms with E-state index in [-0.39, 0.29) is 12.0 Å². The number of sulfone groups is 1. The van der Waals surface area contributed by atoms with Crippen LogP contribution in [0, 0.1) is 5.92 Å². The van der Waals surface area contributed by atoms with E-state index in [0.717, 1.165) is 30.0 Å². The van der Waals surface area contributed by atoms with E-state index in [4.69, 9.17) is 5.73 Å². The Hall–Kier alpha value is -0.460. The van der Waals surface area contributed by atoms with E-state index in [1.165, 1.54) is 0 Å². The zero-order valence-corrected chi connectivity index (χ0v) is 11.6. The van der Waals surface area contributed by atoms with Crippen LogP contribution in [0.1, 0.15) is 36.5 Å². The molecule has 1 aromatic heterocycles. The predicted octanol–water partition coefficient (Wildman–Crippen LogP) is 1.53. The molecule has 6 heteroatoms. The molecule has 0 bridgehead atoms. The van der Waals surface area contributed by atoms with Crippen molar-refractivity contribution in [2.75, 3.05) is 11.5 Å². The number of nitrogens with two attached hydrogens (primary N) is 1. The molecule has 2 N–H and O–H groups in total. The van der Waals surface area contributed by atoms with E-state index in [1.807, 2.05) is 12.3 Å². The molecular weight excluding hydrogens is 256 g/mol. The molecule has 1 aliphatic rings. The van der Waals surface area contributed by atoms with Crippen LogP contribution in [0.3, 0.4) is 0 Å². The maximum Gasteiger partial charge on any atom is 0.150 e. The molecule has 0 spiro atoms. The largest absolute Gasteiger partial charge is 0.323 e. The Labute approximate surface area is 106 Å². The maximum absolute atomic E-state index is 11.5. The van der Waals surface area contributed by atoms with Crippen LogP contribution in [0.4, 0.5) is 0 Å². The van der Waals surface area contributed by atoms with Crippen molar-refractivity contribution in [3.05, 3.63) is 16.1 Å². The summed E-state index contributed by atoms with van der Waals surface area (Å²) in [6.07, 6.45) is 2.56. The number of thiazole rings is 1. The number of hydrogen-bond donors (Lipinski definition) is 1. The average molecular weight is 274 g/mol. The number of aromatic nitrogens is 1. The molecule has 1 fully saturated rings. The lowest BCUT2D eigenvalue weighted by Crippen LogP contribution is -2.26. The molecule has 1 aliphatic heterocycles. The summed E-state index contributed by atoms with van der Waals surface area (Å²) in [4.78, 5) is 4.45. The summed E-state index contributed by atoms with van der Waals surface area (Å²) in [7, 11) is -2.81. The molecule has 2 atom stereocenters. The van der Waals surface area contributed by atoms with Crippen molar-refractivity contribution in [1.82, 2.24) is 4.98 Å². The maximum atomic E-state index is 11.5. The van der Waals surface area contributed by atoms with Gasteiger partial charge in [0.05, 0.1) is 22.2 Å². The molecule has 1 aromatic rings.